The summed E-state index contributed by atoms with van der Waals surface area (Å²) in [5.74, 6) is 0. The highest BCUT2D eigenvalue weighted by Crippen LogP contribution is 2.03. The number of rotatable bonds is 6. The van der Waals surface area contributed by atoms with E-state index < -0.39 is 0 Å². The van der Waals surface area contributed by atoms with Crippen molar-refractivity contribution in [2.24, 2.45) is 0 Å². The van der Waals surface area contributed by atoms with Crippen molar-refractivity contribution in [3.05, 3.63) is 12.2 Å². The molecule has 15 heavy (non-hydrogen) atoms. The van der Waals surface area contributed by atoms with Crippen molar-refractivity contribution < 1.29 is 0 Å². The van der Waals surface area contributed by atoms with Gasteiger partial charge in [0.15, 0.2) is 0 Å². The van der Waals surface area contributed by atoms with Gasteiger partial charge in [-0.15, -0.1) is 0 Å². The molecule has 0 aromatic heterocycles. The van der Waals surface area contributed by atoms with Crippen LogP contribution in [0.3, 0.4) is 0 Å². The van der Waals surface area contributed by atoms with Crippen LogP contribution in [-0.2, 0) is 0 Å². The van der Waals surface area contributed by atoms with Gasteiger partial charge in [-0.1, -0.05) is 20.4 Å². The molecule has 0 aromatic rings. The van der Waals surface area contributed by atoms with Gasteiger partial charge in [-0.25, -0.2) is 0 Å². The van der Waals surface area contributed by atoms with E-state index >= 15 is 0 Å². The Morgan fingerprint density at radius 1 is 1.13 bits per heavy atom. The van der Waals surface area contributed by atoms with Gasteiger partial charge in [-0.05, 0) is 18.7 Å². The summed E-state index contributed by atoms with van der Waals surface area (Å²) in [7, 11) is 0. The van der Waals surface area contributed by atoms with Crippen molar-refractivity contribution in [1.82, 2.24) is 15.1 Å². The van der Waals surface area contributed by atoms with E-state index in [0.29, 0.717) is 0 Å². The first kappa shape index (κ1) is 12.7. The van der Waals surface area contributed by atoms with Crippen LogP contribution in [0.15, 0.2) is 12.2 Å². The van der Waals surface area contributed by atoms with Gasteiger partial charge in [0.2, 0.25) is 0 Å². The van der Waals surface area contributed by atoms with E-state index in [1.165, 1.54) is 38.3 Å². The average molecular weight is 211 g/mol. The molecule has 3 heteroatoms. The highest BCUT2D eigenvalue weighted by molar-refractivity contribution is 5.00. The number of nitrogens with one attached hydrogen (secondary N) is 1. The zero-order chi connectivity index (χ0) is 11.1. The summed E-state index contributed by atoms with van der Waals surface area (Å²) < 4.78 is 0. The summed E-state index contributed by atoms with van der Waals surface area (Å²) in [6.45, 7) is 17.5. The summed E-state index contributed by atoms with van der Waals surface area (Å²) in [4.78, 5) is 5.01. The molecule has 1 aliphatic rings. The quantitative estimate of drug-likeness (QED) is 0.655. The fraction of sp³-hybridized carbons (Fsp3) is 0.833. The summed E-state index contributed by atoms with van der Waals surface area (Å²) in [6, 6.07) is 0. The van der Waals surface area contributed by atoms with Crippen molar-refractivity contribution in [2.45, 2.75) is 13.8 Å². The molecule has 0 radical (unpaired) electrons. The molecule has 88 valence electrons. The zero-order valence-corrected chi connectivity index (χ0v) is 10.3. The third-order valence-electron chi connectivity index (χ3n) is 2.98. The van der Waals surface area contributed by atoms with E-state index in [1.54, 1.807) is 0 Å². The standard InChI is InChI=1S/C12H25N3/c1-4-13-10-12(3)11-15-8-6-14(5-2)7-9-15/h13H,3-11H2,1-2H3. The van der Waals surface area contributed by atoms with E-state index in [9.17, 15) is 0 Å². The van der Waals surface area contributed by atoms with Crippen LogP contribution in [0.1, 0.15) is 13.8 Å². The van der Waals surface area contributed by atoms with E-state index in [0.717, 1.165) is 19.6 Å². The minimum Gasteiger partial charge on any atom is -0.313 e. The lowest BCUT2D eigenvalue weighted by atomic mass is 10.2. The van der Waals surface area contributed by atoms with Crippen molar-refractivity contribution in [2.75, 3.05) is 52.4 Å². The Labute approximate surface area is 94.1 Å². The molecule has 0 aliphatic carbocycles. The van der Waals surface area contributed by atoms with Crippen LogP contribution in [0, 0.1) is 0 Å². The Bertz CT molecular complexity index is 183. The normalized spacial score (nSPS) is 19.3. The maximum atomic E-state index is 4.11. The molecule has 0 spiro atoms. The van der Waals surface area contributed by atoms with E-state index in [1.807, 2.05) is 0 Å². The van der Waals surface area contributed by atoms with Gasteiger partial charge >= 0.3 is 0 Å². The zero-order valence-electron chi connectivity index (χ0n) is 10.3. The minimum atomic E-state index is 0.963. The topological polar surface area (TPSA) is 18.5 Å². The first-order valence-corrected chi connectivity index (χ1v) is 6.08. The summed E-state index contributed by atoms with van der Waals surface area (Å²) >= 11 is 0. The molecule has 0 saturated carbocycles. The molecular formula is C12H25N3. The minimum absolute atomic E-state index is 0.963. The molecule has 0 atom stereocenters. The van der Waals surface area contributed by atoms with Gasteiger partial charge in [0.1, 0.15) is 0 Å². The molecule has 1 N–H and O–H groups in total. The fourth-order valence-corrected chi connectivity index (χ4v) is 1.94. The Balaban J connectivity index is 2.15. The van der Waals surface area contributed by atoms with Gasteiger partial charge < -0.3 is 10.2 Å². The fourth-order valence-electron chi connectivity index (χ4n) is 1.94. The van der Waals surface area contributed by atoms with Crippen molar-refractivity contribution >= 4 is 0 Å². The van der Waals surface area contributed by atoms with Crippen LogP contribution < -0.4 is 5.32 Å². The second-order valence-corrected chi connectivity index (χ2v) is 4.24. The highest BCUT2D eigenvalue weighted by atomic mass is 15.3. The third-order valence-corrected chi connectivity index (χ3v) is 2.98. The first-order valence-electron chi connectivity index (χ1n) is 6.08. The second kappa shape index (κ2) is 6.99. The summed E-state index contributed by atoms with van der Waals surface area (Å²) in [5.41, 5.74) is 1.31. The number of nitrogens with zero attached hydrogens (tertiary/aromatic N) is 2. The Morgan fingerprint density at radius 2 is 1.73 bits per heavy atom. The molecule has 3 nitrogen and oxygen atoms in total. The molecule has 1 aliphatic heterocycles. The Kier molecular flexibility index (Phi) is 5.91. The average Bonchev–Trinajstić information content (AvgIpc) is 2.27. The van der Waals surface area contributed by atoms with Crippen LogP contribution in [0.4, 0.5) is 0 Å². The van der Waals surface area contributed by atoms with Crippen molar-refractivity contribution in [1.29, 1.82) is 0 Å². The largest absolute Gasteiger partial charge is 0.313 e. The van der Waals surface area contributed by atoms with E-state index in [2.05, 4.69) is 35.5 Å². The number of hydrogen-bond donors (Lipinski definition) is 1. The molecular weight excluding hydrogens is 186 g/mol. The summed E-state index contributed by atoms with van der Waals surface area (Å²) in [5, 5.41) is 3.32. The van der Waals surface area contributed by atoms with Gasteiger partial charge in [0.25, 0.3) is 0 Å². The lowest BCUT2D eigenvalue weighted by Gasteiger charge is -2.34. The summed E-state index contributed by atoms with van der Waals surface area (Å²) in [6.07, 6.45) is 0. The SMILES string of the molecule is C=C(CNCC)CN1CCN(CC)CC1. The molecule has 1 fully saturated rings. The van der Waals surface area contributed by atoms with Gasteiger partial charge in [-0.2, -0.15) is 0 Å². The maximum absolute atomic E-state index is 4.11. The lowest BCUT2D eigenvalue weighted by Crippen LogP contribution is -2.46. The third kappa shape index (κ3) is 4.78. The van der Waals surface area contributed by atoms with Crippen LogP contribution >= 0.6 is 0 Å². The van der Waals surface area contributed by atoms with Gasteiger partial charge in [0, 0.05) is 39.3 Å². The van der Waals surface area contributed by atoms with Crippen LogP contribution in [0.25, 0.3) is 0 Å². The molecule has 0 amide bonds. The molecule has 1 saturated heterocycles. The lowest BCUT2D eigenvalue weighted by molar-refractivity contribution is 0.145. The predicted octanol–water partition coefficient (Wildman–Crippen LogP) is 0.790. The number of hydrogen-bond acceptors (Lipinski definition) is 3. The van der Waals surface area contributed by atoms with Crippen LogP contribution in [-0.4, -0.2) is 62.2 Å². The predicted molar refractivity (Wildman–Crippen MR) is 66.2 cm³/mol. The maximum Gasteiger partial charge on any atom is 0.0203 e. The van der Waals surface area contributed by atoms with Crippen LogP contribution in [0.5, 0.6) is 0 Å². The van der Waals surface area contributed by atoms with Crippen molar-refractivity contribution in [3.8, 4) is 0 Å². The smallest absolute Gasteiger partial charge is 0.0203 e. The second-order valence-electron chi connectivity index (χ2n) is 4.24. The molecule has 0 aromatic carbocycles. The van der Waals surface area contributed by atoms with E-state index in [-0.39, 0.29) is 0 Å². The Morgan fingerprint density at radius 3 is 2.27 bits per heavy atom. The molecule has 0 unspecified atom stereocenters. The van der Waals surface area contributed by atoms with Crippen molar-refractivity contribution in [3.63, 3.8) is 0 Å². The monoisotopic (exact) mass is 211 g/mol. The molecule has 0 bridgehead atoms. The number of likely N-dealkylation sites (N-methyl/N-ethyl adjacent to an activating group) is 2. The van der Waals surface area contributed by atoms with Gasteiger partial charge in [0.05, 0.1) is 0 Å². The van der Waals surface area contributed by atoms with Gasteiger partial charge in [-0.3, -0.25) is 4.90 Å². The van der Waals surface area contributed by atoms with Crippen LogP contribution in [0.2, 0.25) is 0 Å². The Hall–Kier alpha value is -0.380. The molecule has 1 rings (SSSR count). The molecule has 1 heterocycles. The van der Waals surface area contributed by atoms with E-state index in [4.69, 9.17) is 0 Å². The number of piperazine rings is 1. The highest BCUT2D eigenvalue weighted by Gasteiger charge is 2.15. The first-order chi connectivity index (χ1) is 7.26.